The predicted molar refractivity (Wildman–Crippen MR) is 66.7 cm³/mol. The van der Waals surface area contributed by atoms with Gasteiger partial charge in [-0.3, -0.25) is 0 Å². The molecule has 1 amide bonds. The summed E-state index contributed by atoms with van der Waals surface area (Å²) in [6.07, 6.45) is -1.64. The molecule has 2 unspecified atom stereocenters. The molecule has 1 aliphatic rings. The summed E-state index contributed by atoms with van der Waals surface area (Å²) in [5, 5.41) is 10.1. The number of hydrogen-bond acceptors (Lipinski definition) is 6. The Bertz CT molecular complexity index is 424. The highest BCUT2D eigenvalue weighted by Gasteiger charge is 2.40. The Hall–Kier alpha value is -0.900. The minimum absolute atomic E-state index is 0.238. The van der Waals surface area contributed by atoms with E-state index in [2.05, 4.69) is 9.46 Å². The van der Waals surface area contributed by atoms with Crippen LogP contribution < -0.4 is 9.44 Å². The van der Waals surface area contributed by atoms with E-state index < -0.39 is 34.1 Å². The molecule has 0 aromatic carbocycles. The van der Waals surface area contributed by atoms with Crippen LogP contribution in [0.4, 0.5) is 4.79 Å². The summed E-state index contributed by atoms with van der Waals surface area (Å²) in [4.78, 5) is 11.2. The van der Waals surface area contributed by atoms with E-state index in [9.17, 15) is 18.3 Å². The first-order valence-corrected chi connectivity index (χ1v) is 7.45. The molecule has 0 spiro atoms. The first-order valence-electron chi connectivity index (χ1n) is 5.96. The molecule has 3 N–H and O–H groups in total. The summed E-state index contributed by atoms with van der Waals surface area (Å²) < 4.78 is 36.7. The second-order valence-electron chi connectivity index (χ2n) is 4.75. The maximum absolute atomic E-state index is 11.6. The number of carbonyl (C=O) groups excluding carboxylic acids is 1. The first-order chi connectivity index (χ1) is 8.65. The summed E-state index contributed by atoms with van der Waals surface area (Å²) in [6, 6.07) is 0. The third-order valence-corrected chi connectivity index (χ3v) is 3.75. The van der Waals surface area contributed by atoms with Crippen LogP contribution in [0.15, 0.2) is 0 Å². The number of hydrogen-bond donors (Lipinski definition) is 3. The molecule has 1 heterocycles. The molecule has 0 aromatic rings. The Balaban J connectivity index is 2.49. The number of nitrogens with one attached hydrogen (secondary N) is 2. The van der Waals surface area contributed by atoms with E-state index in [1.807, 2.05) is 0 Å². The number of aliphatic hydroxyl groups is 1. The minimum Gasteiger partial charge on any atom is -0.446 e. The maximum Gasteiger partial charge on any atom is 0.422 e. The quantitative estimate of drug-likeness (QED) is 0.630. The second kappa shape index (κ2) is 6.04. The van der Waals surface area contributed by atoms with E-state index in [4.69, 9.17) is 4.74 Å². The molecule has 0 radical (unpaired) electrons. The molecule has 1 aliphatic heterocycles. The van der Waals surface area contributed by atoms with E-state index in [0.29, 0.717) is 13.0 Å². The van der Waals surface area contributed by atoms with Gasteiger partial charge in [0.15, 0.2) is 0 Å². The second-order valence-corrected chi connectivity index (χ2v) is 6.25. The number of carbonyl (C=O) groups is 1. The summed E-state index contributed by atoms with van der Waals surface area (Å²) >= 11 is 0. The van der Waals surface area contributed by atoms with Crippen molar-refractivity contribution in [2.24, 2.45) is 0 Å². The van der Waals surface area contributed by atoms with Crippen LogP contribution >= 0.6 is 0 Å². The van der Waals surface area contributed by atoms with Crippen LogP contribution in [0, 0.1) is 0 Å². The lowest BCUT2D eigenvalue weighted by molar-refractivity contribution is -0.0228. The van der Waals surface area contributed by atoms with Crippen LogP contribution in [-0.2, 0) is 19.7 Å². The molecule has 8 nitrogen and oxygen atoms in total. The Morgan fingerprint density at radius 3 is 2.68 bits per heavy atom. The van der Waals surface area contributed by atoms with E-state index >= 15 is 0 Å². The predicted octanol–water partition coefficient (Wildman–Crippen LogP) is -0.505. The minimum atomic E-state index is -4.07. The summed E-state index contributed by atoms with van der Waals surface area (Å²) in [5.41, 5.74) is -1.27. The molecule has 112 valence electrons. The lowest BCUT2D eigenvalue weighted by Crippen LogP contribution is -2.51. The monoisotopic (exact) mass is 296 g/mol. The largest absolute Gasteiger partial charge is 0.446 e. The van der Waals surface area contributed by atoms with Crippen LogP contribution in [0.25, 0.3) is 0 Å². The van der Waals surface area contributed by atoms with Crippen LogP contribution in [-0.4, -0.2) is 50.6 Å². The molecule has 19 heavy (non-hydrogen) atoms. The molecular weight excluding hydrogens is 276 g/mol. The Kier molecular flexibility index (Phi) is 5.13. The zero-order valence-electron chi connectivity index (χ0n) is 11.2. The van der Waals surface area contributed by atoms with Crippen molar-refractivity contribution in [3.63, 3.8) is 0 Å². The molecule has 9 heteroatoms. The Labute approximate surface area is 112 Å². The van der Waals surface area contributed by atoms with Crippen LogP contribution in [0.1, 0.15) is 27.2 Å². The van der Waals surface area contributed by atoms with Crippen LogP contribution in [0.3, 0.4) is 0 Å². The van der Waals surface area contributed by atoms with Crippen molar-refractivity contribution < 1.29 is 27.8 Å². The van der Waals surface area contributed by atoms with Gasteiger partial charge in [0.25, 0.3) is 0 Å². The summed E-state index contributed by atoms with van der Waals surface area (Å²) in [5.74, 6) is 0. The zero-order chi connectivity index (χ0) is 14.7. The van der Waals surface area contributed by atoms with Crippen LogP contribution in [0.2, 0.25) is 0 Å². The Morgan fingerprint density at radius 2 is 2.21 bits per heavy atom. The van der Waals surface area contributed by atoms with Gasteiger partial charge in [-0.05, 0) is 20.8 Å². The molecule has 0 saturated carbocycles. The number of amides is 1. The molecule has 0 bridgehead atoms. The van der Waals surface area contributed by atoms with Crippen molar-refractivity contribution in [3.8, 4) is 0 Å². The molecular formula is C10H20N2O6S. The standard InChI is InChI=1S/C10H20N2O6S/c1-7(2)18-9(13)12-19(15,16)11-6-10(14)4-5-17-8(10)3/h7-8,11,14H,4-6H2,1-3H3,(H,12,13). The van der Waals surface area contributed by atoms with Gasteiger partial charge >= 0.3 is 16.3 Å². The van der Waals surface area contributed by atoms with Crippen molar-refractivity contribution in [1.29, 1.82) is 0 Å². The molecule has 2 atom stereocenters. The molecule has 1 rings (SSSR count). The van der Waals surface area contributed by atoms with E-state index in [1.165, 1.54) is 0 Å². The third kappa shape index (κ3) is 4.94. The molecule has 0 aromatic heterocycles. The van der Waals surface area contributed by atoms with Gasteiger partial charge in [-0.15, -0.1) is 0 Å². The average molecular weight is 296 g/mol. The summed E-state index contributed by atoms with van der Waals surface area (Å²) in [6.45, 7) is 4.97. The fourth-order valence-electron chi connectivity index (χ4n) is 1.61. The normalized spacial score (nSPS) is 27.5. The molecule has 1 fully saturated rings. The van der Waals surface area contributed by atoms with Gasteiger partial charge < -0.3 is 14.6 Å². The van der Waals surface area contributed by atoms with Crippen molar-refractivity contribution in [2.75, 3.05) is 13.2 Å². The first kappa shape index (κ1) is 16.2. The fourth-order valence-corrected chi connectivity index (χ4v) is 2.39. The summed E-state index contributed by atoms with van der Waals surface area (Å²) in [7, 11) is -4.07. The maximum atomic E-state index is 11.6. The average Bonchev–Trinajstić information content (AvgIpc) is 2.55. The van der Waals surface area contributed by atoms with Crippen molar-refractivity contribution in [2.45, 2.75) is 45.0 Å². The van der Waals surface area contributed by atoms with E-state index in [0.717, 1.165) is 0 Å². The molecule has 1 saturated heterocycles. The van der Waals surface area contributed by atoms with E-state index in [-0.39, 0.29) is 6.54 Å². The van der Waals surface area contributed by atoms with Crippen molar-refractivity contribution in [3.05, 3.63) is 0 Å². The lowest BCUT2D eigenvalue weighted by atomic mass is 9.97. The lowest BCUT2D eigenvalue weighted by Gasteiger charge is -2.25. The molecule has 0 aliphatic carbocycles. The number of rotatable bonds is 5. The van der Waals surface area contributed by atoms with Crippen molar-refractivity contribution in [1.82, 2.24) is 9.44 Å². The van der Waals surface area contributed by atoms with Crippen LogP contribution in [0.5, 0.6) is 0 Å². The van der Waals surface area contributed by atoms with Gasteiger partial charge in [0.05, 0.1) is 12.2 Å². The highest BCUT2D eigenvalue weighted by atomic mass is 32.2. The fraction of sp³-hybridized carbons (Fsp3) is 0.900. The van der Waals surface area contributed by atoms with E-state index in [1.54, 1.807) is 25.5 Å². The highest BCUT2D eigenvalue weighted by molar-refractivity contribution is 7.88. The van der Waals surface area contributed by atoms with Gasteiger partial charge in [0.1, 0.15) is 5.60 Å². The van der Waals surface area contributed by atoms with Gasteiger partial charge in [0, 0.05) is 19.6 Å². The third-order valence-electron chi connectivity index (χ3n) is 2.79. The SMILES string of the molecule is CC(C)OC(=O)NS(=O)(=O)NCC1(O)CCOC1C. The van der Waals surface area contributed by atoms with Gasteiger partial charge in [-0.25, -0.2) is 9.52 Å². The highest BCUT2D eigenvalue weighted by Crippen LogP contribution is 2.24. The smallest absolute Gasteiger partial charge is 0.422 e. The zero-order valence-corrected chi connectivity index (χ0v) is 12.0. The van der Waals surface area contributed by atoms with Gasteiger partial charge in [0.2, 0.25) is 0 Å². The van der Waals surface area contributed by atoms with Crippen molar-refractivity contribution >= 4 is 16.3 Å². The van der Waals surface area contributed by atoms with Gasteiger partial charge in [-0.1, -0.05) is 0 Å². The Morgan fingerprint density at radius 1 is 1.58 bits per heavy atom. The topological polar surface area (TPSA) is 114 Å². The number of ether oxygens (including phenoxy) is 2. The van der Waals surface area contributed by atoms with Gasteiger partial charge in [-0.2, -0.15) is 13.1 Å².